The Bertz CT molecular complexity index is 630. The van der Waals surface area contributed by atoms with E-state index in [1.165, 1.54) is 6.92 Å². The second-order valence-electron chi connectivity index (χ2n) is 7.00. The van der Waals surface area contributed by atoms with Crippen molar-refractivity contribution in [3.8, 4) is 0 Å². The molecule has 1 aromatic carbocycles. The van der Waals surface area contributed by atoms with E-state index in [1.54, 1.807) is 4.90 Å². The number of fused-ring (bicyclic) bond motifs is 1. The number of hydrogen-bond donors (Lipinski definition) is 2. The van der Waals surface area contributed by atoms with Crippen molar-refractivity contribution in [3.05, 3.63) is 29.8 Å². The van der Waals surface area contributed by atoms with E-state index in [9.17, 15) is 14.7 Å². The van der Waals surface area contributed by atoms with Crippen molar-refractivity contribution in [1.29, 1.82) is 0 Å². The van der Waals surface area contributed by atoms with Crippen LogP contribution in [0.15, 0.2) is 24.3 Å². The third-order valence-corrected chi connectivity index (χ3v) is 5.38. The summed E-state index contributed by atoms with van der Waals surface area (Å²) in [7, 11) is 0. The summed E-state index contributed by atoms with van der Waals surface area (Å²) in [5.74, 6) is -0.241. The number of nitrogens with one attached hydrogen (secondary N) is 1. The maximum absolute atomic E-state index is 12.8. The number of aliphatic hydroxyl groups is 1. The minimum Gasteiger partial charge on any atom is -0.396 e. The van der Waals surface area contributed by atoms with Crippen LogP contribution in [0.2, 0.25) is 0 Å². The maximum Gasteiger partial charge on any atom is 0.243 e. The second kappa shape index (κ2) is 5.96. The molecule has 23 heavy (non-hydrogen) atoms. The van der Waals surface area contributed by atoms with Crippen LogP contribution in [0.25, 0.3) is 0 Å². The number of benzene rings is 1. The number of para-hydroxylation sites is 1. The Kier molecular flexibility index (Phi) is 4.15. The molecule has 1 heterocycles. The largest absolute Gasteiger partial charge is 0.396 e. The van der Waals surface area contributed by atoms with Crippen LogP contribution in [0.3, 0.4) is 0 Å². The van der Waals surface area contributed by atoms with Crippen LogP contribution in [0, 0.1) is 5.41 Å². The van der Waals surface area contributed by atoms with Gasteiger partial charge in [0.1, 0.15) is 6.04 Å². The van der Waals surface area contributed by atoms with Crippen LogP contribution in [0.4, 0.5) is 5.69 Å². The zero-order chi connectivity index (χ0) is 16.6. The van der Waals surface area contributed by atoms with E-state index in [0.29, 0.717) is 6.42 Å². The predicted octanol–water partition coefficient (Wildman–Crippen LogP) is 1.63. The molecule has 1 saturated carbocycles. The lowest BCUT2D eigenvalue weighted by molar-refractivity contribution is -0.126. The van der Waals surface area contributed by atoms with Gasteiger partial charge in [0.05, 0.1) is 6.61 Å². The van der Waals surface area contributed by atoms with Crippen LogP contribution in [0.5, 0.6) is 0 Å². The summed E-state index contributed by atoms with van der Waals surface area (Å²) in [6.45, 7) is 3.58. The Morgan fingerprint density at radius 2 is 2.13 bits per heavy atom. The van der Waals surface area contributed by atoms with Gasteiger partial charge in [0.25, 0.3) is 0 Å². The van der Waals surface area contributed by atoms with Crippen LogP contribution in [-0.4, -0.2) is 35.6 Å². The molecule has 3 rings (SSSR count). The first kappa shape index (κ1) is 16.0. The highest BCUT2D eigenvalue weighted by molar-refractivity contribution is 6.02. The van der Waals surface area contributed by atoms with Gasteiger partial charge in [-0.3, -0.25) is 14.5 Å². The zero-order valence-electron chi connectivity index (χ0n) is 13.7. The molecule has 0 saturated heterocycles. The molecule has 0 radical (unpaired) electrons. The normalized spacial score (nSPS) is 29.4. The molecule has 5 nitrogen and oxygen atoms in total. The molecule has 2 N–H and O–H groups in total. The number of hydrogen-bond acceptors (Lipinski definition) is 3. The van der Waals surface area contributed by atoms with Gasteiger partial charge in [0, 0.05) is 30.5 Å². The van der Waals surface area contributed by atoms with E-state index in [0.717, 1.165) is 30.5 Å². The molecule has 0 aromatic heterocycles. The van der Waals surface area contributed by atoms with Crippen molar-refractivity contribution in [1.82, 2.24) is 5.32 Å². The highest BCUT2D eigenvalue weighted by atomic mass is 16.3. The van der Waals surface area contributed by atoms with E-state index >= 15 is 0 Å². The molecule has 1 aromatic rings. The highest BCUT2D eigenvalue weighted by Crippen LogP contribution is 2.38. The molecule has 1 fully saturated rings. The van der Waals surface area contributed by atoms with Gasteiger partial charge in [0.2, 0.25) is 11.8 Å². The molecule has 1 aliphatic carbocycles. The highest BCUT2D eigenvalue weighted by Gasteiger charge is 2.42. The number of nitrogens with zero attached hydrogens (tertiary/aromatic N) is 1. The monoisotopic (exact) mass is 316 g/mol. The van der Waals surface area contributed by atoms with E-state index in [-0.39, 0.29) is 29.9 Å². The van der Waals surface area contributed by atoms with Crippen molar-refractivity contribution >= 4 is 17.5 Å². The Hall–Kier alpha value is -1.88. The summed E-state index contributed by atoms with van der Waals surface area (Å²) < 4.78 is 0. The molecule has 2 unspecified atom stereocenters. The molecule has 3 atom stereocenters. The fourth-order valence-corrected chi connectivity index (χ4v) is 3.92. The van der Waals surface area contributed by atoms with Crippen LogP contribution in [0.1, 0.15) is 38.7 Å². The number of anilines is 1. The Morgan fingerprint density at radius 1 is 1.39 bits per heavy atom. The lowest BCUT2D eigenvalue weighted by atomic mass is 9.85. The first-order chi connectivity index (χ1) is 11.0. The van der Waals surface area contributed by atoms with Gasteiger partial charge in [-0.15, -0.1) is 0 Å². The van der Waals surface area contributed by atoms with Gasteiger partial charge >= 0.3 is 0 Å². The molecule has 2 aliphatic rings. The average Bonchev–Trinajstić information content (AvgIpc) is 3.09. The topological polar surface area (TPSA) is 69.6 Å². The van der Waals surface area contributed by atoms with Gasteiger partial charge < -0.3 is 10.4 Å². The summed E-state index contributed by atoms with van der Waals surface area (Å²) in [5.41, 5.74) is 1.60. The van der Waals surface area contributed by atoms with Gasteiger partial charge in [-0.25, -0.2) is 0 Å². The summed E-state index contributed by atoms with van der Waals surface area (Å²) in [5, 5.41) is 12.7. The molecular weight excluding hydrogens is 292 g/mol. The first-order valence-corrected chi connectivity index (χ1v) is 8.25. The van der Waals surface area contributed by atoms with E-state index < -0.39 is 6.04 Å². The van der Waals surface area contributed by atoms with Crippen LogP contribution < -0.4 is 10.2 Å². The van der Waals surface area contributed by atoms with Gasteiger partial charge in [-0.2, -0.15) is 0 Å². The van der Waals surface area contributed by atoms with Gasteiger partial charge in [-0.1, -0.05) is 31.5 Å². The quantitative estimate of drug-likeness (QED) is 0.890. The minimum absolute atomic E-state index is 0.0301. The fraction of sp³-hybridized carbons (Fsp3) is 0.556. The molecule has 5 heteroatoms. The first-order valence-electron chi connectivity index (χ1n) is 8.25. The van der Waals surface area contributed by atoms with Crippen molar-refractivity contribution in [3.63, 3.8) is 0 Å². The molecule has 0 spiro atoms. The third kappa shape index (κ3) is 2.74. The van der Waals surface area contributed by atoms with Crippen molar-refractivity contribution < 1.29 is 14.7 Å². The maximum atomic E-state index is 12.8. The molecule has 2 amide bonds. The minimum atomic E-state index is -0.492. The Balaban J connectivity index is 1.79. The lowest BCUT2D eigenvalue weighted by Crippen LogP contribution is -2.53. The number of rotatable bonds is 3. The lowest BCUT2D eigenvalue weighted by Gasteiger charge is -2.32. The number of amides is 2. The summed E-state index contributed by atoms with van der Waals surface area (Å²) in [6.07, 6.45) is 3.34. The smallest absolute Gasteiger partial charge is 0.243 e. The van der Waals surface area contributed by atoms with Crippen LogP contribution >= 0.6 is 0 Å². The van der Waals surface area contributed by atoms with Crippen molar-refractivity contribution in [2.24, 2.45) is 5.41 Å². The van der Waals surface area contributed by atoms with Crippen molar-refractivity contribution in [2.75, 3.05) is 11.5 Å². The standard InChI is InChI=1S/C18H24N2O3/c1-12(22)20-14-7-4-3-6-13(14)10-15(20)17(23)19-16-8-5-9-18(16,2)11-21/h3-4,6-7,15-16,21H,5,8-11H2,1-2H3,(H,19,23)/t15-,16?,18?/m0/s1. The average molecular weight is 316 g/mol. The summed E-state index contributed by atoms with van der Waals surface area (Å²) >= 11 is 0. The van der Waals surface area contributed by atoms with E-state index in [2.05, 4.69) is 5.32 Å². The Morgan fingerprint density at radius 3 is 2.83 bits per heavy atom. The van der Waals surface area contributed by atoms with Gasteiger partial charge in [0.15, 0.2) is 0 Å². The SMILES string of the molecule is CC(=O)N1c2ccccc2C[C@H]1C(=O)NC1CCCC1(C)CO. The number of carbonyl (C=O) groups is 2. The second-order valence-corrected chi connectivity index (χ2v) is 7.00. The summed E-state index contributed by atoms with van der Waals surface area (Å²) in [6, 6.07) is 7.14. The van der Waals surface area contributed by atoms with Crippen molar-refractivity contribution in [2.45, 2.75) is 51.6 Å². The predicted molar refractivity (Wildman–Crippen MR) is 88.1 cm³/mol. The number of carbonyl (C=O) groups excluding carboxylic acids is 2. The summed E-state index contributed by atoms with van der Waals surface area (Å²) in [4.78, 5) is 26.4. The van der Waals surface area contributed by atoms with E-state index in [1.807, 2.05) is 31.2 Å². The molecule has 1 aliphatic heterocycles. The van der Waals surface area contributed by atoms with E-state index in [4.69, 9.17) is 0 Å². The third-order valence-electron chi connectivity index (χ3n) is 5.38. The van der Waals surface area contributed by atoms with Gasteiger partial charge in [-0.05, 0) is 24.5 Å². The zero-order valence-corrected chi connectivity index (χ0v) is 13.7. The Labute approximate surface area is 136 Å². The molecule has 124 valence electrons. The molecular formula is C18H24N2O3. The molecule has 0 bridgehead atoms. The van der Waals surface area contributed by atoms with Crippen LogP contribution in [-0.2, 0) is 16.0 Å². The number of aliphatic hydroxyl groups excluding tert-OH is 1. The fourth-order valence-electron chi connectivity index (χ4n) is 3.92.